The van der Waals surface area contributed by atoms with Crippen molar-refractivity contribution in [2.75, 3.05) is 0 Å². The summed E-state index contributed by atoms with van der Waals surface area (Å²) in [6, 6.07) is 0. The molecule has 2 rings (SSSR count). The second-order valence-electron chi connectivity index (χ2n) is 5.14. The van der Waals surface area contributed by atoms with Crippen LogP contribution in [0.25, 0.3) is 0 Å². The highest BCUT2D eigenvalue weighted by Gasteiger charge is 2.57. The van der Waals surface area contributed by atoms with Crippen molar-refractivity contribution < 1.29 is 14.4 Å². The van der Waals surface area contributed by atoms with Gasteiger partial charge in [-0.15, -0.1) is 0 Å². The average Bonchev–Trinajstić information content (AvgIpc) is 2.51. The molecule has 3 nitrogen and oxygen atoms in total. The molecule has 0 aliphatic heterocycles. The lowest BCUT2D eigenvalue weighted by Crippen LogP contribution is -2.26. The molecule has 2 fully saturated rings. The molecule has 3 heteroatoms. The van der Waals surface area contributed by atoms with Crippen molar-refractivity contribution in [3.63, 3.8) is 0 Å². The van der Waals surface area contributed by atoms with Gasteiger partial charge in [0.1, 0.15) is 17.3 Å². The predicted molar refractivity (Wildman–Crippen MR) is 54.3 cm³/mol. The van der Waals surface area contributed by atoms with Gasteiger partial charge in [0.05, 0.1) is 0 Å². The number of ketones is 3. The van der Waals surface area contributed by atoms with Gasteiger partial charge in [0.25, 0.3) is 0 Å². The van der Waals surface area contributed by atoms with Gasteiger partial charge >= 0.3 is 0 Å². The first-order valence-electron chi connectivity index (χ1n) is 5.50. The lowest BCUT2D eigenvalue weighted by atomic mass is 9.78. The molecule has 0 aromatic rings. The highest BCUT2D eigenvalue weighted by atomic mass is 16.1. The van der Waals surface area contributed by atoms with E-state index in [2.05, 4.69) is 0 Å². The van der Waals surface area contributed by atoms with Gasteiger partial charge in [-0.3, -0.25) is 9.59 Å². The maximum atomic E-state index is 11.8. The molecule has 2 aliphatic rings. The first-order chi connectivity index (χ1) is 6.95. The standard InChI is InChI=1S/C12H16O3/c1-7(13)5-8-9-3-4-11(15)12(9,2)6-10(8)14/h8-9H,3-6H2,1-2H3/t8?,9-,12+/m0/s1. The summed E-state index contributed by atoms with van der Waals surface area (Å²) in [5.74, 6) is 0.329. The predicted octanol–water partition coefficient (Wildman–Crippen LogP) is 1.54. The van der Waals surface area contributed by atoms with E-state index in [0.717, 1.165) is 6.42 Å². The smallest absolute Gasteiger partial charge is 0.139 e. The molecule has 0 bridgehead atoms. The fourth-order valence-electron chi connectivity index (χ4n) is 3.26. The molecule has 0 saturated heterocycles. The van der Waals surface area contributed by atoms with Crippen LogP contribution < -0.4 is 0 Å². The van der Waals surface area contributed by atoms with Crippen molar-refractivity contribution in [1.82, 2.24) is 0 Å². The molecular formula is C12H16O3. The third kappa shape index (κ3) is 1.45. The zero-order chi connectivity index (χ0) is 11.2. The Bertz CT molecular complexity index is 345. The summed E-state index contributed by atoms with van der Waals surface area (Å²) in [4.78, 5) is 34.6. The van der Waals surface area contributed by atoms with E-state index in [4.69, 9.17) is 0 Å². The first-order valence-corrected chi connectivity index (χ1v) is 5.50. The highest BCUT2D eigenvalue weighted by molar-refractivity contribution is 5.99. The number of rotatable bonds is 2. The second-order valence-corrected chi connectivity index (χ2v) is 5.14. The third-order valence-electron chi connectivity index (χ3n) is 4.09. The Hall–Kier alpha value is -0.990. The zero-order valence-electron chi connectivity index (χ0n) is 9.21. The highest BCUT2D eigenvalue weighted by Crippen LogP contribution is 2.53. The van der Waals surface area contributed by atoms with Gasteiger partial charge in [0.2, 0.25) is 0 Å². The third-order valence-corrected chi connectivity index (χ3v) is 4.09. The van der Waals surface area contributed by atoms with Crippen molar-refractivity contribution in [2.45, 2.75) is 39.5 Å². The lowest BCUT2D eigenvalue weighted by Gasteiger charge is -2.23. The minimum Gasteiger partial charge on any atom is -0.300 e. The van der Waals surface area contributed by atoms with Crippen LogP contribution in [0.2, 0.25) is 0 Å². The summed E-state index contributed by atoms with van der Waals surface area (Å²) in [7, 11) is 0. The average molecular weight is 208 g/mol. The van der Waals surface area contributed by atoms with Gasteiger partial charge in [-0.2, -0.15) is 0 Å². The topological polar surface area (TPSA) is 51.2 Å². The normalized spacial score (nSPS) is 39.6. The summed E-state index contributed by atoms with van der Waals surface area (Å²) in [5, 5.41) is 0. The Kier molecular flexibility index (Phi) is 2.28. The number of hydrogen-bond donors (Lipinski definition) is 0. The van der Waals surface area contributed by atoms with E-state index < -0.39 is 5.41 Å². The Labute approximate surface area is 89.2 Å². The van der Waals surface area contributed by atoms with Crippen LogP contribution in [0.1, 0.15) is 39.5 Å². The Morgan fingerprint density at radius 2 is 2.13 bits per heavy atom. The van der Waals surface area contributed by atoms with Gasteiger partial charge in [0.15, 0.2) is 0 Å². The van der Waals surface area contributed by atoms with Gasteiger partial charge in [-0.25, -0.2) is 0 Å². The molecule has 0 aromatic heterocycles. The van der Waals surface area contributed by atoms with Crippen molar-refractivity contribution >= 4 is 17.3 Å². The molecule has 82 valence electrons. The van der Waals surface area contributed by atoms with Crippen LogP contribution in [0, 0.1) is 17.3 Å². The van der Waals surface area contributed by atoms with E-state index in [0.29, 0.717) is 19.3 Å². The van der Waals surface area contributed by atoms with Crippen LogP contribution in [0.4, 0.5) is 0 Å². The summed E-state index contributed by atoms with van der Waals surface area (Å²) in [6.45, 7) is 3.41. The van der Waals surface area contributed by atoms with Crippen molar-refractivity contribution in [1.29, 1.82) is 0 Å². The Morgan fingerprint density at radius 3 is 2.73 bits per heavy atom. The quantitative estimate of drug-likeness (QED) is 0.691. The van der Waals surface area contributed by atoms with Crippen LogP contribution >= 0.6 is 0 Å². The zero-order valence-corrected chi connectivity index (χ0v) is 9.21. The second kappa shape index (κ2) is 3.26. The monoisotopic (exact) mass is 208 g/mol. The van der Waals surface area contributed by atoms with Crippen molar-refractivity contribution in [3.05, 3.63) is 0 Å². The van der Waals surface area contributed by atoms with Gasteiger partial charge in [-0.1, -0.05) is 6.92 Å². The van der Waals surface area contributed by atoms with E-state index in [1.807, 2.05) is 6.92 Å². The van der Waals surface area contributed by atoms with E-state index in [1.54, 1.807) is 0 Å². The Morgan fingerprint density at radius 1 is 1.47 bits per heavy atom. The van der Waals surface area contributed by atoms with Gasteiger partial charge in [0, 0.05) is 30.6 Å². The summed E-state index contributed by atoms with van der Waals surface area (Å²) in [6.07, 6.45) is 2.06. The molecule has 0 radical (unpaired) electrons. The number of hydrogen-bond acceptors (Lipinski definition) is 3. The molecule has 3 atom stereocenters. The summed E-state index contributed by atoms with van der Waals surface area (Å²) in [5.41, 5.74) is -0.447. The molecule has 1 unspecified atom stereocenters. The molecule has 0 aromatic carbocycles. The van der Waals surface area contributed by atoms with E-state index in [-0.39, 0.29) is 29.2 Å². The number of carbonyl (C=O) groups excluding carboxylic acids is 3. The van der Waals surface area contributed by atoms with Crippen molar-refractivity contribution in [2.24, 2.45) is 17.3 Å². The number of Topliss-reactive ketones (excluding diaryl/α,β-unsaturated/α-hetero) is 3. The Balaban J connectivity index is 2.25. The molecule has 2 saturated carbocycles. The molecule has 0 N–H and O–H groups in total. The fraction of sp³-hybridized carbons (Fsp3) is 0.750. The maximum Gasteiger partial charge on any atom is 0.139 e. The lowest BCUT2D eigenvalue weighted by molar-refractivity contribution is -0.128. The molecular weight excluding hydrogens is 192 g/mol. The summed E-state index contributed by atoms with van der Waals surface area (Å²) < 4.78 is 0. The first kappa shape index (κ1) is 10.5. The molecule has 15 heavy (non-hydrogen) atoms. The molecule has 0 heterocycles. The maximum absolute atomic E-state index is 11.8. The number of fused-ring (bicyclic) bond motifs is 1. The summed E-state index contributed by atoms with van der Waals surface area (Å²) >= 11 is 0. The van der Waals surface area contributed by atoms with Crippen LogP contribution in [-0.4, -0.2) is 17.3 Å². The van der Waals surface area contributed by atoms with Gasteiger partial charge < -0.3 is 4.79 Å². The van der Waals surface area contributed by atoms with Crippen LogP contribution in [-0.2, 0) is 14.4 Å². The van der Waals surface area contributed by atoms with Crippen LogP contribution in [0.3, 0.4) is 0 Å². The molecule has 0 amide bonds. The minimum atomic E-state index is -0.447. The largest absolute Gasteiger partial charge is 0.300 e. The SMILES string of the molecule is CC(=O)CC1C(=O)C[C@@]2(C)C(=O)CC[C@@H]12. The van der Waals surface area contributed by atoms with E-state index in [9.17, 15) is 14.4 Å². The van der Waals surface area contributed by atoms with Crippen LogP contribution in [0.15, 0.2) is 0 Å². The van der Waals surface area contributed by atoms with E-state index in [1.165, 1.54) is 6.92 Å². The van der Waals surface area contributed by atoms with E-state index >= 15 is 0 Å². The van der Waals surface area contributed by atoms with Crippen LogP contribution in [0.5, 0.6) is 0 Å². The number of carbonyl (C=O) groups is 3. The molecule has 0 spiro atoms. The fourth-order valence-corrected chi connectivity index (χ4v) is 3.26. The van der Waals surface area contributed by atoms with Crippen molar-refractivity contribution in [3.8, 4) is 0 Å². The minimum absolute atomic E-state index is 0.0527. The van der Waals surface area contributed by atoms with Gasteiger partial charge in [-0.05, 0) is 19.3 Å². The molecule has 2 aliphatic carbocycles.